The molecule has 1 radical (unpaired) electrons. The van der Waals surface area contributed by atoms with Crippen LogP contribution in [0.1, 0.15) is 18.9 Å². The molecular weight excluding hydrogens is 454 g/mol. The Bertz CT molecular complexity index is 563. The molecule has 107 valence electrons. The van der Waals surface area contributed by atoms with Gasteiger partial charge in [-0.1, -0.05) is 34.9 Å². The molecule has 0 saturated heterocycles. The van der Waals surface area contributed by atoms with E-state index in [1.165, 1.54) is 0 Å². The van der Waals surface area contributed by atoms with Crippen LogP contribution in [0.4, 0.5) is 0 Å². The predicted molar refractivity (Wildman–Crippen MR) is 87.2 cm³/mol. The topological polar surface area (TPSA) is 29.5 Å². The monoisotopic (exact) mass is 469 g/mol. The minimum Gasteiger partial charge on any atom is -0.481 e. The van der Waals surface area contributed by atoms with Crippen molar-refractivity contribution >= 4 is 34.2 Å². The number of allylic oxidation sites excluding steroid dienone is 1. The summed E-state index contributed by atoms with van der Waals surface area (Å²) in [5.74, 6) is 3.30. The first-order chi connectivity index (χ1) is 9.67. The van der Waals surface area contributed by atoms with Crippen molar-refractivity contribution in [2.45, 2.75) is 17.3 Å². The van der Waals surface area contributed by atoms with Crippen molar-refractivity contribution in [1.29, 1.82) is 0 Å². The van der Waals surface area contributed by atoms with Gasteiger partial charge < -0.3 is 9.64 Å². The predicted octanol–water partition coefficient (Wildman–Crippen LogP) is 2.90. The molecule has 0 bridgehead atoms. The van der Waals surface area contributed by atoms with Gasteiger partial charge in [0.05, 0.1) is 3.92 Å². The van der Waals surface area contributed by atoms with Crippen LogP contribution >= 0.6 is 22.6 Å². The fraction of sp³-hybridized carbons (Fsp3) is 0.312. The van der Waals surface area contributed by atoms with Crippen molar-refractivity contribution in [3.05, 3.63) is 35.9 Å². The zero-order valence-corrected chi connectivity index (χ0v) is 16.8. The summed E-state index contributed by atoms with van der Waals surface area (Å²) >= 11 is 2.17. The summed E-state index contributed by atoms with van der Waals surface area (Å²) in [6, 6.07) is 7.57. The number of halogens is 1. The SMILES string of the molecule is C#CCOc1ccc(C2=[C-]CC(I)C(=O)N2CC)cc1.[Y]. The zero-order chi connectivity index (χ0) is 14.5. The van der Waals surface area contributed by atoms with Crippen LogP contribution in [0.25, 0.3) is 5.70 Å². The van der Waals surface area contributed by atoms with Gasteiger partial charge in [-0.3, -0.25) is 4.79 Å². The molecule has 0 N–H and O–H groups in total. The van der Waals surface area contributed by atoms with Crippen LogP contribution in [0.3, 0.4) is 0 Å². The van der Waals surface area contributed by atoms with Gasteiger partial charge in [0.15, 0.2) is 0 Å². The van der Waals surface area contributed by atoms with E-state index in [1.54, 1.807) is 4.90 Å². The number of hydrogen-bond donors (Lipinski definition) is 0. The average molecular weight is 469 g/mol. The minimum absolute atomic E-state index is 0. The second-order valence-electron chi connectivity index (χ2n) is 4.30. The van der Waals surface area contributed by atoms with Crippen LogP contribution < -0.4 is 4.74 Å². The first-order valence-corrected chi connectivity index (χ1v) is 7.65. The standard InChI is InChI=1S/C16H15INO2.Y/c1-3-11-20-13-7-5-12(6-8-13)15-10-9-14(17)16(19)18(15)4-2;/h1,5-8,14H,4,9,11H2,2H3;/q-1;. The van der Waals surface area contributed by atoms with E-state index in [-0.39, 0.29) is 49.1 Å². The van der Waals surface area contributed by atoms with Crippen molar-refractivity contribution in [1.82, 2.24) is 4.90 Å². The third kappa shape index (κ3) is 4.54. The number of ether oxygens (including phenoxy) is 1. The van der Waals surface area contributed by atoms with Gasteiger partial charge in [0, 0.05) is 39.3 Å². The van der Waals surface area contributed by atoms with E-state index in [1.807, 2.05) is 31.2 Å². The van der Waals surface area contributed by atoms with Crippen molar-refractivity contribution < 1.29 is 42.2 Å². The quantitative estimate of drug-likeness (QED) is 0.294. The molecule has 1 amide bonds. The van der Waals surface area contributed by atoms with E-state index in [4.69, 9.17) is 11.2 Å². The average Bonchev–Trinajstić information content (AvgIpc) is 2.48. The van der Waals surface area contributed by atoms with Gasteiger partial charge in [-0.25, -0.2) is 6.08 Å². The first-order valence-electron chi connectivity index (χ1n) is 6.40. The van der Waals surface area contributed by atoms with Crippen LogP contribution in [0.15, 0.2) is 24.3 Å². The molecule has 2 rings (SSSR count). The number of terminal acetylenes is 1. The van der Waals surface area contributed by atoms with E-state index in [2.05, 4.69) is 34.6 Å². The van der Waals surface area contributed by atoms with E-state index in [0.717, 1.165) is 17.0 Å². The van der Waals surface area contributed by atoms with Crippen molar-refractivity contribution in [3.63, 3.8) is 0 Å². The number of carbonyl (C=O) groups is 1. The maximum atomic E-state index is 12.2. The number of nitrogens with zero attached hydrogens (tertiary/aromatic N) is 1. The molecule has 1 aliphatic rings. The Morgan fingerprint density at radius 3 is 2.71 bits per heavy atom. The Labute approximate surface area is 164 Å². The maximum absolute atomic E-state index is 12.2. The van der Waals surface area contributed by atoms with Gasteiger partial charge in [-0.05, 0) is 19.1 Å². The number of alkyl halides is 1. The normalized spacial score (nSPS) is 17.6. The number of benzene rings is 1. The molecule has 1 aliphatic heterocycles. The van der Waals surface area contributed by atoms with Crippen LogP contribution in [0, 0.1) is 18.4 Å². The smallest absolute Gasteiger partial charge is 0.235 e. The second kappa shape index (κ2) is 8.92. The number of rotatable bonds is 4. The van der Waals surface area contributed by atoms with Gasteiger partial charge in [0.25, 0.3) is 0 Å². The van der Waals surface area contributed by atoms with Crippen LogP contribution in [-0.2, 0) is 37.5 Å². The fourth-order valence-electron chi connectivity index (χ4n) is 2.05. The first kappa shape index (κ1) is 18.7. The number of carbonyl (C=O) groups excluding carboxylic acids is 1. The summed E-state index contributed by atoms with van der Waals surface area (Å²) < 4.78 is 5.32. The van der Waals surface area contributed by atoms with Gasteiger partial charge in [0.1, 0.15) is 12.4 Å². The van der Waals surface area contributed by atoms with Gasteiger partial charge >= 0.3 is 0 Å². The van der Waals surface area contributed by atoms with Crippen LogP contribution in [0.2, 0.25) is 0 Å². The van der Waals surface area contributed by atoms with E-state index in [9.17, 15) is 4.79 Å². The van der Waals surface area contributed by atoms with Gasteiger partial charge in [-0.15, -0.1) is 24.3 Å². The summed E-state index contributed by atoms with van der Waals surface area (Å²) in [4.78, 5) is 13.9. The van der Waals surface area contributed by atoms with E-state index in [0.29, 0.717) is 13.0 Å². The van der Waals surface area contributed by atoms with E-state index < -0.39 is 0 Å². The van der Waals surface area contributed by atoms with Crippen LogP contribution in [0.5, 0.6) is 5.75 Å². The Morgan fingerprint density at radius 2 is 2.14 bits per heavy atom. The molecule has 1 heterocycles. The molecule has 0 spiro atoms. The largest absolute Gasteiger partial charge is 0.481 e. The molecule has 0 fully saturated rings. The minimum atomic E-state index is -0.0189. The summed E-state index contributed by atoms with van der Waals surface area (Å²) in [6.07, 6.45) is 9.13. The maximum Gasteiger partial charge on any atom is 0.235 e. The van der Waals surface area contributed by atoms with Gasteiger partial charge in [0.2, 0.25) is 5.91 Å². The Balaban J connectivity index is 0.00000220. The summed E-state index contributed by atoms with van der Waals surface area (Å²) in [7, 11) is 0. The molecule has 0 saturated carbocycles. The summed E-state index contributed by atoms with van der Waals surface area (Å²) in [6.45, 7) is 2.87. The third-order valence-electron chi connectivity index (χ3n) is 3.02. The van der Waals surface area contributed by atoms with Crippen LogP contribution in [-0.4, -0.2) is 27.9 Å². The fourth-order valence-corrected chi connectivity index (χ4v) is 2.61. The van der Waals surface area contributed by atoms with Crippen molar-refractivity contribution in [2.75, 3.05) is 13.2 Å². The Kier molecular flexibility index (Phi) is 7.93. The molecule has 1 aromatic carbocycles. The molecule has 3 nitrogen and oxygen atoms in total. The van der Waals surface area contributed by atoms with Gasteiger partial charge in [-0.2, -0.15) is 5.56 Å². The van der Waals surface area contributed by atoms with E-state index >= 15 is 0 Å². The summed E-state index contributed by atoms with van der Waals surface area (Å²) in [5, 5.41) is 0. The Morgan fingerprint density at radius 1 is 1.48 bits per heavy atom. The molecular formula is C16H15INO2Y-. The summed E-state index contributed by atoms with van der Waals surface area (Å²) in [5.41, 5.74) is 1.82. The Hall–Kier alpha value is -0.376. The molecule has 0 aromatic heterocycles. The van der Waals surface area contributed by atoms with Crippen molar-refractivity contribution in [3.8, 4) is 18.1 Å². The zero-order valence-electron chi connectivity index (χ0n) is 11.8. The molecule has 1 aromatic rings. The molecule has 21 heavy (non-hydrogen) atoms. The molecule has 0 aliphatic carbocycles. The molecule has 1 unspecified atom stereocenters. The molecule has 1 atom stereocenters. The second-order valence-corrected chi connectivity index (χ2v) is 5.80. The third-order valence-corrected chi connectivity index (χ3v) is 3.99. The molecule has 5 heteroatoms. The number of hydrogen-bond acceptors (Lipinski definition) is 2. The van der Waals surface area contributed by atoms with Crippen molar-refractivity contribution in [2.24, 2.45) is 0 Å². The number of amides is 1.